The summed E-state index contributed by atoms with van der Waals surface area (Å²) in [6, 6.07) is 18.8. The zero-order chi connectivity index (χ0) is 19.6. The van der Waals surface area contributed by atoms with E-state index in [1.54, 1.807) is 12.4 Å². The summed E-state index contributed by atoms with van der Waals surface area (Å²) in [6.45, 7) is 0.905. The van der Waals surface area contributed by atoms with Gasteiger partial charge in [-0.25, -0.2) is 0 Å². The van der Waals surface area contributed by atoms with Gasteiger partial charge in [0.1, 0.15) is 18.1 Å². The first-order valence-corrected chi connectivity index (χ1v) is 9.79. The van der Waals surface area contributed by atoms with E-state index in [0.29, 0.717) is 37.5 Å². The largest absolute Gasteiger partial charge is 0.492 e. The van der Waals surface area contributed by atoms with E-state index in [4.69, 9.17) is 9.47 Å². The maximum atomic E-state index is 12.2. The average Bonchev–Trinajstić information content (AvgIpc) is 2.72. The molecular weight excluding hydrogens is 420 g/mol. The smallest absolute Gasteiger partial charge is 0.224 e. The number of nitrogens with one attached hydrogen (secondary N) is 1. The van der Waals surface area contributed by atoms with Gasteiger partial charge < -0.3 is 14.8 Å². The van der Waals surface area contributed by atoms with Gasteiger partial charge in [0.15, 0.2) is 0 Å². The molecule has 0 aliphatic rings. The van der Waals surface area contributed by atoms with Crippen LogP contribution in [0.4, 0.5) is 5.69 Å². The van der Waals surface area contributed by atoms with Crippen molar-refractivity contribution in [1.29, 1.82) is 0 Å². The Morgan fingerprint density at radius 1 is 1.04 bits per heavy atom. The summed E-state index contributed by atoms with van der Waals surface area (Å²) in [5, 5.41) is 2.89. The second-order valence-corrected chi connectivity index (χ2v) is 6.96. The van der Waals surface area contributed by atoms with E-state index in [1.807, 2.05) is 60.7 Å². The van der Waals surface area contributed by atoms with E-state index in [-0.39, 0.29) is 5.91 Å². The van der Waals surface area contributed by atoms with Crippen LogP contribution in [0.1, 0.15) is 18.4 Å². The highest BCUT2D eigenvalue weighted by atomic mass is 79.9. The zero-order valence-electron chi connectivity index (χ0n) is 15.3. The first kappa shape index (κ1) is 19.9. The standard InChI is InChI=1S/C22H21BrN2O3/c23-20-9-1-2-10-21(20)27-13-5-11-22(26)25-18-7-3-8-19(14-18)28-16-17-6-4-12-24-15-17/h1-4,6-10,12,14-15H,5,11,13,16H2,(H,25,26). The van der Waals surface area contributed by atoms with Gasteiger partial charge in [-0.1, -0.05) is 24.3 Å². The van der Waals surface area contributed by atoms with E-state index < -0.39 is 0 Å². The van der Waals surface area contributed by atoms with E-state index >= 15 is 0 Å². The third kappa shape index (κ3) is 6.39. The van der Waals surface area contributed by atoms with E-state index in [1.165, 1.54) is 0 Å². The van der Waals surface area contributed by atoms with Gasteiger partial charge in [-0.05, 0) is 52.7 Å². The fourth-order valence-corrected chi connectivity index (χ4v) is 2.91. The fourth-order valence-electron chi connectivity index (χ4n) is 2.51. The number of benzene rings is 2. The third-order valence-corrected chi connectivity index (χ3v) is 4.54. The molecule has 1 aromatic heterocycles. The molecule has 0 radical (unpaired) electrons. The van der Waals surface area contributed by atoms with Crippen LogP contribution in [0, 0.1) is 0 Å². The maximum Gasteiger partial charge on any atom is 0.224 e. The second kappa shape index (κ2) is 10.5. The molecule has 5 nitrogen and oxygen atoms in total. The Bertz CT molecular complexity index is 903. The van der Waals surface area contributed by atoms with Crippen molar-refractivity contribution < 1.29 is 14.3 Å². The lowest BCUT2D eigenvalue weighted by Gasteiger charge is -2.10. The summed E-state index contributed by atoms with van der Waals surface area (Å²) in [7, 11) is 0. The highest BCUT2D eigenvalue weighted by Crippen LogP contribution is 2.24. The minimum absolute atomic E-state index is 0.0554. The van der Waals surface area contributed by atoms with Crippen LogP contribution in [-0.4, -0.2) is 17.5 Å². The van der Waals surface area contributed by atoms with Crippen LogP contribution in [0.3, 0.4) is 0 Å². The number of aromatic nitrogens is 1. The molecule has 2 aromatic carbocycles. The molecule has 0 fully saturated rings. The van der Waals surface area contributed by atoms with Crippen molar-refractivity contribution in [2.24, 2.45) is 0 Å². The number of carbonyl (C=O) groups excluding carboxylic acids is 1. The SMILES string of the molecule is O=C(CCCOc1ccccc1Br)Nc1cccc(OCc2cccnc2)c1. The van der Waals surface area contributed by atoms with E-state index in [2.05, 4.69) is 26.2 Å². The number of hydrogen-bond donors (Lipinski definition) is 1. The first-order valence-electron chi connectivity index (χ1n) is 8.99. The van der Waals surface area contributed by atoms with Crippen molar-refractivity contribution in [2.45, 2.75) is 19.4 Å². The summed E-state index contributed by atoms with van der Waals surface area (Å²) in [5.41, 5.74) is 1.70. The summed E-state index contributed by atoms with van der Waals surface area (Å²) < 4.78 is 12.3. The zero-order valence-corrected chi connectivity index (χ0v) is 16.9. The molecule has 0 atom stereocenters. The Hall–Kier alpha value is -2.86. The van der Waals surface area contributed by atoms with Gasteiger partial charge in [-0.2, -0.15) is 0 Å². The van der Waals surface area contributed by atoms with E-state index in [0.717, 1.165) is 15.8 Å². The molecule has 144 valence electrons. The minimum Gasteiger partial charge on any atom is -0.492 e. The number of hydrogen-bond acceptors (Lipinski definition) is 4. The molecule has 0 aliphatic carbocycles. The summed E-state index contributed by atoms with van der Waals surface area (Å²) >= 11 is 3.44. The van der Waals surface area contributed by atoms with Crippen LogP contribution in [0.5, 0.6) is 11.5 Å². The van der Waals surface area contributed by atoms with Crippen molar-refractivity contribution in [2.75, 3.05) is 11.9 Å². The molecule has 0 spiro atoms. The van der Waals surface area contributed by atoms with Gasteiger partial charge in [-0.15, -0.1) is 0 Å². The van der Waals surface area contributed by atoms with Crippen LogP contribution in [0.25, 0.3) is 0 Å². The van der Waals surface area contributed by atoms with E-state index in [9.17, 15) is 4.79 Å². The molecule has 6 heteroatoms. The number of para-hydroxylation sites is 1. The number of rotatable bonds is 9. The minimum atomic E-state index is -0.0554. The Kier molecular flexibility index (Phi) is 7.44. The number of anilines is 1. The third-order valence-electron chi connectivity index (χ3n) is 3.89. The molecule has 0 unspecified atom stereocenters. The number of carbonyl (C=O) groups is 1. The number of halogens is 1. The molecule has 28 heavy (non-hydrogen) atoms. The molecular formula is C22H21BrN2O3. The van der Waals surface area contributed by atoms with Gasteiger partial charge in [0.25, 0.3) is 0 Å². The highest BCUT2D eigenvalue weighted by molar-refractivity contribution is 9.10. The first-order chi connectivity index (χ1) is 13.7. The fraction of sp³-hybridized carbons (Fsp3) is 0.182. The van der Waals surface area contributed by atoms with Gasteiger partial charge in [0, 0.05) is 36.1 Å². The summed E-state index contributed by atoms with van der Waals surface area (Å²) in [4.78, 5) is 16.2. The van der Waals surface area contributed by atoms with Crippen molar-refractivity contribution >= 4 is 27.5 Å². The molecule has 0 saturated heterocycles. The molecule has 3 aromatic rings. The lowest BCUT2D eigenvalue weighted by Crippen LogP contribution is -2.13. The Balaban J connectivity index is 1.42. The lowest BCUT2D eigenvalue weighted by atomic mass is 10.2. The molecule has 1 amide bonds. The number of nitrogens with zero attached hydrogens (tertiary/aromatic N) is 1. The highest BCUT2D eigenvalue weighted by Gasteiger charge is 2.05. The van der Waals surface area contributed by atoms with Gasteiger partial charge >= 0.3 is 0 Å². The van der Waals surface area contributed by atoms with Crippen LogP contribution in [0.2, 0.25) is 0 Å². The topological polar surface area (TPSA) is 60.5 Å². The molecule has 0 aliphatic heterocycles. The lowest BCUT2D eigenvalue weighted by molar-refractivity contribution is -0.116. The summed E-state index contributed by atoms with van der Waals surface area (Å²) in [5.74, 6) is 1.42. The van der Waals surface area contributed by atoms with Crippen molar-refractivity contribution in [3.8, 4) is 11.5 Å². The number of amides is 1. The van der Waals surface area contributed by atoms with Crippen LogP contribution in [0.15, 0.2) is 77.5 Å². The molecule has 1 heterocycles. The molecule has 0 saturated carbocycles. The Labute approximate surface area is 172 Å². The summed E-state index contributed by atoms with van der Waals surface area (Å²) in [6.07, 6.45) is 4.50. The number of pyridine rings is 1. The number of ether oxygens (including phenoxy) is 2. The van der Waals surface area contributed by atoms with Gasteiger partial charge in [0.05, 0.1) is 11.1 Å². The van der Waals surface area contributed by atoms with Gasteiger partial charge in [0.2, 0.25) is 5.91 Å². The monoisotopic (exact) mass is 440 g/mol. The predicted octanol–water partition coefficient (Wildman–Crippen LogP) is 5.22. The van der Waals surface area contributed by atoms with Crippen molar-refractivity contribution in [1.82, 2.24) is 4.98 Å². The Morgan fingerprint density at radius 2 is 1.93 bits per heavy atom. The van der Waals surface area contributed by atoms with Crippen LogP contribution >= 0.6 is 15.9 Å². The van der Waals surface area contributed by atoms with Crippen LogP contribution in [-0.2, 0) is 11.4 Å². The van der Waals surface area contributed by atoms with Crippen LogP contribution < -0.4 is 14.8 Å². The van der Waals surface area contributed by atoms with Crippen molar-refractivity contribution in [3.63, 3.8) is 0 Å². The van der Waals surface area contributed by atoms with Gasteiger partial charge in [-0.3, -0.25) is 9.78 Å². The molecule has 0 bridgehead atoms. The van der Waals surface area contributed by atoms with Crippen molar-refractivity contribution in [3.05, 3.63) is 83.1 Å². The maximum absolute atomic E-state index is 12.2. The predicted molar refractivity (Wildman–Crippen MR) is 113 cm³/mol. The quantitative estimate of drug-likeness (QED) is 0.463. The second-order valence-electron chi connectivity index (χ2n) is 6.11. The Morgan fingerprint density at radius 3 is 2.75 bits per heavy atom. The molecule has 3 rings (SSSR count). The normalized spacial score (nSPS) is 10.3. The average molecular weight is 441 g/mol. The molecule has 1 N–H and O–H groups in total.